The van der Waals surface area contributed by atoms with Crippen LogP contribution in [-0.4, -0.2) is 10.9 Å². The molecule has 0 unspecified atom stereocenters. The average Bonchev–Trinajstić information content (AvgIpc) is 2.22. The summed E-state index contributed by atoms with van der Waals surface area (Å²) < 4.78 is 0.939. The Kier molecular flexibility index (Phi) is 3.97. The van der Waals surface area contributed by atoms with Crippen molar-refractivity contribution in [3.05, 3.63) is 28.2 Å². The molecule has 0 aliphatic heterocycles. The smallest absolute Gasteiger partial charge is 0.237 e. The molecule has 1 aromatic rings. The van der Waals surface area contributed by atoms with E-state index in [9.17, 15) is 4.79 Å². The number of hydrogen-bond acceptors (Lipinski definition) is 2. The molecule has 3 nitrogen and oxygen atoms in total. The summed E-state index contributed by atoms with van der Waals surface area (Å²) in [6, 6.07) is 5.79. The minimum absolute atomic E-state index is 0.0874. The number of amides is 1. The summed E-state index contributed by atoms with van der Waals surface area (Å²) >= 11 is 8.51. The van der Waals surface area contributed by atoms with Crippen LogP contribution < -0.4 is 11.1 Å². The number of hydrogen-bond donors (Lipinski definition) is 2. The average molecular weight is 341 g/mol. The lowest BCUT2D eigenvalue weighted by atomic mass is 9.62. The van der Waals surface area contributed by atoms with E-state index in [1.807, 2.05) is 25.1 Å². The second kappa shape index (κ2) is 5.21. The van der Waals surface area contributed by atoms with Crippen LogP contribution in [0, 0.1) is 18.3 Å². The van der Waals surface area contributed by atoms with Crippen molar-refractivity contribution in [2.75, 3.05) is 5.32 Å². The van der Waals surface area contributed by atoms with Gasteiger partial charge in [-0.3, -0.25) is 4.79 Å². The van der Waals surface area contributed by atoms with E-state index < -0.39 is 5.41 Å². The fourth-order valence-corrected chi connectivity index (χ4v) is 3.55. The van der Waals surface area contributed by atoms with E-state index in [0.29, 0.717) is 10.9 Å². The summed E-state index contributed by atoms with van der Waals surface area (Å²) in [5.41, 5.74) is 6.96. The van der Waals surface area contributed by atoms with E-state index in [4.69, 9.17) is 18.0 Å². The maximum absolute atomic E-state index is 12.4. The van der Waals surface area contributed by atoms with Crippen molar-refractivity contribution in [1.82, 2.24) is 0 Å². The fraction of sp³-hybridized carbons (Fsp3) is 0.429. The van der Waals surface area contributed by atoms with Gasteiger partial charge in [-0.2, -0.15) is 0 Å². The molecule has 1 aromatic carbocycles. The van der Waals surface area contributed by atoms with E-state index >= 15 is 0 Å². The molecule has 5 heteroatoms. The predicted octanol–water partition coefficient (Wildman–Crippen LogP) is 3.40. The van der Waals surface area contributed by atoms with Gasteiger partial charge in [-0.25, -0.2) is 0 Å². The minimum Gasteiger partial charge on any atom is -0.392 e. The number of aryl methyl sites for hydroxylation is 1. The highest BCUT2D eigenvalue weighted by molar-refractivity contribution is 9.10. The first kappa shape index (κ1) is 14.5. The largest absolute Gasteiger partial charge is 0.392 e. The van der Waals surface area contributed by atoms with Crippen LogP contribution in [0.4, 0.5) is 5.69 Å². The molecule has 1 saturated carbocycles. The van der Waals surface area contributed by atoms with Crippen molar-refractivity contribution >= 4 is 44.7 Å². The van der Waals surface area contributed by atoms with Crippen LogP contribution in [0.5, 0.6) is 0 Å². The Morgan fingerprint density at radius 1 is 1.47 bits per heavy atom. The van der Waals surface area contributed by atoms with Gasteiger partial charge in [0.15, 0.2) is 0 Å². The number of nitrogens with two attached hydrogens (primary N) is 1. The molecule has 0 spiro atoms. The third-order valence-corrected chi connectivity index (χ3v) is 4.45. The number of benzene rings is 1. The zero-order chi connectivity index (χ0) is 14.2. The molecular formula is C14H17BrN2OS. The Labute approximate surface area is 127 Å². The Hall–Kier alpha value is -0.940. The summed E-state index contributed by atoms with van der Waals surface area (Å²) in [5, 5.41) is 2.93. The van der Waals surface area contributed by atoms with Gasteiger partial charge < -0.3 is 11.1 Å². The number of carbonyl (C=O) groups is 1. The Morgan fingerprint density at radius 3 is 2.58 bits per heavy atom. The molecule has 1 aliphatic rings. The zero-order valence-electron chi connectivity index (χ0n) is 11.0. The molecule has 2 rings (SSSR count). The number of thiocarbonyl (C=S) groups is 1. The quantitative estimate of drug-likeness (QED) is 0.829. The Morgan fingerprint density at radius 2 is 2.11 bits per heavy atom. The van der Waals surface area contributed by atoms with E-state index in [1.165, 1.54) is 0 Å². The van der Waals surface area contributed by atoms with Gasteiger partial charge in [0.25, 0.3) is 0 Å². The van der Waals surface area contributed by atoms with E-state index in [2.05, 4.69) is 28.2 Å². The van der Waals surface area contributed by atoms with Crippen LogP contribution in [0.3, 0.4) is 0 Å². The van der Waals surface area contributed by atoms with Gasteiger partial charge >= 0.3 is 0 Å². The molecule has 19 heavy (non-hydrogen) atoms. The maximum Gasteiger partial charge on any atom is 0.237 e. The summed E-state index contributed by atoms with van der Waals surface area (Å²) in [7, 11) is 0. The number of halogens is 1. The van der Waals surface area contributed by atoms with Crippen molar-refractivity contribution in [1.29, 1.82) is 0 Å². The van der Waals surface area contributed by atoms with Gasteiger partial charge in [-0.1, -0.05) is 35.1 Å². The summed E-state index contributed by atoms with van der Waals surface area (Å²) in [4.78, 5) is 12.7. The van der Waals surface area contributed by atoms with E-state index in [0.717, 1.165) is 28.6 Å². The SMILES string of the molecule is Cc1cc(Br)cc(NC(=O)C2(C(N)=S)CC(C)C2)c1. The Balaban J connectivity index is 2.18. The summed E-state index contributed by atoms with van der Waals surface area (Å²) in [5.74, 6) is 0.409. The second-order valence-electron chi connectivity index (χ2n) is 5.43. The predicted molar refractivity (Wildman–Crippen MR) is 85.1 cm³/mol. The minimum atomic E-state index is -0.662. The summed E-state index contributed by atoms with van der Waals surface area (Å²) in [6.07, 6.45) is 1.47. The fourth-order valence-electron chi connectivity index (χ4n) is 2.69. The molecule has 0 saturated heterocycles. The molecule has 0 radical (unpaired) electrons. The first-order valence-electron chi connectivity index (χ1n) is 6.22. The molecule has 102 valence electrons. The zero-order valence-corrected chi connectivity index (χ0v) is 13.4. The molecular weight excluding hydrogens is 324 g/mol. The van der Waals surface area contributed by atoms with Crippen LogP contribution in [-0.2, 0) is 4.79 Å². The van der Waals surface area contributed by atoms with Crippen LogP contribution in [0.2, 0.25) is 0 Å². The van der Waals surface area contributed by atoms with Crippen LogP contribution in [0.15, 0.2) is 22.7 Å². The molecule has 1 fully saturated rings. The molecule has 0 heterocycles. The van der Waals surface area contributed by atoms with Crippen LogP contribution in [0.1, 0.15) is 25.3 Å². The van der Waals surface area contributed by atoms with Crippen molar-refractivity contribution < 1.29 is 4.79 Å². The summed E-state index contributed by atoms with van der Waals surface area (Å²) in [6.45, 7) is 4.09. The first-order valence-corrected chi connectivity index (χ1v) is 7.42. The van der Waals surface area contributed by atoms with Crippen LogP contribution >= 0.6 is 28.1 Å². The van der Waals surface area contributed by atoms with E-state index in [-0.39, 0.29) is 5.91 Å². The van der Waals surface area contributed by atoms with Gasteiger partial charge in [-0.05, 0) is 49.4 Å². The van der Waals surface area contributed by atoms with Crippen LogP contribution in [0.25, 0.3) is 0 Å². The second-order valence-corrected chi connectivity index (χ2v) is 6.79. The molecule has 0 atom stereocenters. The van der Waals surface area contributed by atoms with Gasteiger partial charge in [0, 0.05) is 10.2 Å². The van der Waals surface area contributed by atoms with Gasteiger partial charge in [0.2, 0.25) is 5.91 Å². The molecule has 0 aromatic heterocycles. The highest BCUT2D eigenvalue weighted by atomic mass is 79.9. The molecule has 1 aliphatic carbocycles. The molecule has 3 N–H and O–H groups in total. The van der Waals surface area contributed by atoms with Gasteiger partial charge in [0.05, 0.1) is 10.4 Å². The monoisotopic (exact) mass is 340 g/mol. The lowest BCUT2D eigenvalue weighted by Crippen LogP contribution is -2.53. The topological polar surface area (TPSA) is 55.1 Å². The van der Waals surface area contributed by atoms with Crippen molar-refractivity contribution in [2.24, 2.45) is 17.1 Å². The number of anilines is 1. The normalized spacial score (nSPS) is 25.5. The number of rotatable bonds is 3. The van der Waals surface area contributed by atoms with Crippen molar-refractivity contribution in [3.8, 4) is 0 Å². The highest BCUT2D eigenvalue weighted by Crippen LogP contribution is 2.46. The molecule has 0 bridgehead atoms. The van der Waals surface area contributed by atoms with Crippen molar-refractivity contribution in [2.45, 2.75) is 26.7 Å². The lowest BCUT2D eigenvalue weighted by molar-refractivity contribution is -0.127. The Bertz CT molecular complexity index is 518. The number of nitrogens with one attached hydrogen (secondary N) is 1. The third kappa shape index (κ3) is 2.82. The number of carbonyl (C=O) groups excluding carboxylic acids is 1. The van der Waals surface area contributed by atoms with Crippen molar-refractivity contribution in [3.63, 3.8) is 0 Å². The first-order chi connectivity index (χ1) is 8.83. The van der Waals surface area contributed by atoms with Gasteiger partial charge in [0.1, 0.15) is 0 Å². The molecule has 1 amide bonds. The van der Waals surface area contributed by atoms with Gasteiger partial charge in [-0.15, -0.1) is 0 Å². The maximum atomic E-state index is 12.4. The lowest BCUT2D eigenvalue weighted by Gasteiger charge is -2.44. The highest BCUT2D eigenvalue weighted by Gasteiger charge is 2.50. The van der Waals surface area contributed by atoms with E-state index in [1.54, 1.807) is 0 Å². The standard InChI is InChI=1S/C14H17BrN2OS/c1-8-3-10(15)5-11(4-8)17-13(18)14(12(16)19)6-9(2)7-14/h3-5,9H,6-7H2,1-2H3,(H2,16,19)(H,17,18). The third-order valence-electron chi connectivity index (χ3n) is 3.60.